The summed E-state index contributed by atoms with van der Waals surface area (Å²) in [6.45, 7) is 3.76. The van der Waals surface area contributed by atoms with E-state index in [2.05, 4.69) is 9.88 Å². The molecule has 0 radical (unpaired) electrons. The lowest BCUT2D eigenvalue weighted by Gasteiger charge is -2.18. The van der Waals surface area contributed by atoms with Crippen LogP contribution in [0.25, 0.3) is 0 Å². The molecule has 0 aromatic carbocycles. The summed E-state index contributed by atoms with van der Waals surface area (Å²) in [5, 5.41) is 8.75. The zero-order valence-electron chi connectivity index (χ0n) is 9.39. The van der Waals surface area contributed by atoms with E-state index in [1.165, 1.54) is 0 Å². The minimum Gasteiger partial charge on any atom is -0.481 e. The summed E-state index contributed by atoms with van der Waals surface area (Å²) in [4.78, 5) is 17.0. The molecule has 1 fully saturated rings. The quantitative estimate of drug-likeness (QED) is 0.842. The Bertz CT molecular complexity index is 392. The molecule has 0 saturated carbocycles. The van der Waals surface area contributed by atoms with Gasteiger partial charge in [-0.3, -0.25) is 9.78 Å². The number of carbonyl (C=O) groups is 1. The standard InChI is InChI=1S/C12H16N2O2/c1-9-6-11(2-4-13-9)14-5-3-10(8-14)7-12(15)16/h2,4,6,10H,3,5,7-8H2,1H3,(H,15,16). The van der Waals surface area contributed by atoms with E-state index >= 15 is 0 Å². The molecule has 1 N–H and O–H groups in total. The van der Waals surface area contributed by atoms with Crippen molar-refractivity contribution in [2.24, 2.45) is 5.92 Å². The van der Waals surface area contributed by atoms with Crippen LogP contribution < -0.4 is 4.90 Å². The van der Waals surface area contributed by atoms with Crippen LogP contribution in [0.2, 0.25) is 0 Å². The number of carboxylic acids is 1. The molecule has 4 nitrogen and oxygen atoms in total. The van der Waals surface area contributed by atoms with Crippen molar-refractivity contribution in [3.05, 3.63) is 24.0 Å². The number of aryl methyl sites for hydroxylation is 1. The Morgan fingerprint density at radius 2 is 2.50 bits per heavy atom. The van der Waals surface area contributed by atoms with Crippen LogP contribution in [0.3, 0.4) is 0 Å². The molecule has 2 rings (SSSR count). The molecule has 4 heteroatoms. The summed E-state index contributed by atoms with van der Waals surface area (Å²) in [6.07, 6.45) is 3.05. The monoisotopic (exact) mass is 220 g/mol. The number of anilines is 1. The number of nitrogens with zero attached hydrogens (tertiary/aromatic N) is 2. The fourth-order valence-corrected chi connectivity index (χ4v) is 2.21. The highest BCUT2D eigenvalue weighted by Crippen LogP contribution is 2.25. The first-order valence-corrected chi connectivity index (χ1v) is 5.54. The van der Waals surface area contributed by atoms with Gasteiger partial charge < -0.3 is 10.0 Å². The molecule has 1 aliphatic rings. The Morgan fingerprint density at radius 1 is 1.69 bits per heavy atom. The van der Waals surface area contributed by atoms with Crippen LogP contribution in [-0.2, 0) is 4.79 Å². The maximum absolute atomic E-state index is 10.6. The molecule has 0 amide bonds. The second kappa shape index (κ2) is 4.51. The zero-order chi connectivity index (χ0) is 11.5. The summed E-state index contributed by atoms with van der Waals surface area (Å²) in [5.41, 5.74) is 2.15. The molecular weight excluding hydrogens is 204 g/mol. The Balaban J connectivity index is 2.00. The number of rotatable bonds is 3. The third kappa shape index (κ3) is 2.51. The maximum atomic E-state index is 10.6. The van der Waals surface area contributed by atoms with Crippen LogP contribution in [0.4, 0.5) is 5.69 Å². The number of carboxylic acid groups (broad SMARTS) is 1. The minimum atomic E-state index is -0.697. The Hall–Kier alpha value is -1.58. The molecular formula is C12H16N2O2. The first kappa shape index (κ1) is 10.9. The van der Waals surface area contributed by atoms with Crippen LogP contribution in [-0.4, -0.2) is 29.1 Å². The average Bonchev–Trinajstić information content (AvgIpc) is 2.65. The lowest BCUT2D eigenvalue weighted by molar-refractivity contribution is -0.137. The largest absolute Gasteiger partial charge is 0.481 e. The van der Waals surface area contributed by atoms with E-state index in [-0.39, 0.29) is 12.3 Å². The lowest BCUT2D eigenvalue weighted by Crippen LogP contribution is -2.20. The topological polar surface area (TPSA) is 53.4 Å². The first-order chi connectivity index (χ1) is 7.65. The van der Waals surface area contributed by atoms with E-state index in [9.17, 15) is 4.79 Å². The highest BCUT2D eigenvalue weighted by Gasteiger charge is 2.24. The highest BCUT2D eigenvalue weighted by molar-refractivity contribution is 5.67. The molecule has 1 unspecified atom stereocenters. The number of aromatic nitrogens is 1. The van der Waals surface area contributed by atoms with Crippen molar-refractivity contribution in [1.82, 2.24) is 4.98 Å². The smallest absolute Gasteiger partial charge is 0.303 e. The predicted octanol–water partition coefficient (Wildman–Crippen LogP) is 1.69. The van der Waals surface area contributed by atoms with E-state index in [4.69, 9.17) is 5.11 Å². The fourth-order valence-electron chi connectivity index (χ4n) is 2.21. The van der Waals surface area contributed by atoms with Gasteiger partial charge in [0.2, 0.25) is 0 Å². The lowest BCUT2D eigenvalue weighted by atomic mass is 10.1. The Labute approximate surface area is 94.9 Å². The normalized spacial score (nSPS) is 20.1. The molecule has 16 heavy (non-hydrogen) atoms. The highest BCUT2D eigenvalue weighted by atomic mass is 16.4. The van der Waals surface area contributed by atoms with Crippen molar-refractivity contribution in [2.75, 3.05) is 18.0 Å². The summed E-state index contributed by atoms with van der Waals surface area (Å²) < 4.78 is 0. The van der Waals surface area contributed by atoms with E-state index in [0.29, 0.717) is 0 Å². The second-order valence-corrected chi connectivity index (χ2v) is 4.35. The van der Waals surface area contributed by atoms with Gasteiger partial charge in [0.25, 0.3) is 0 Å². The van der Waals surface area contributed by atoms with Crippen molar-refractivity contribution in [3.63, 3.8) is 0 Å². The van der Waals surface area contributed by atoms with E-state index in [1.807, 2.05) is 19.1 Å². The predicted molar refractivity (Wildman–Crippen MR) is 61.5 cm³/mol. The van der Waals surface area contributed by atoms with Crippen molar-refractivity contribution in [1.29, 1.82) is 0 Å². The molecule has 0 bridgehead atoms. The third-order valence-corrected chi connectivity index (χ3v) is 2.99. The molecule has 0 aliphatic carbocycles. The van der Waals surface area contributed by atoms with Crippen molar-refractivity contribution >= 4 is 11.7 Å². The van der Waals surface area contributed by atoms with E-state index in [1.54, 1.807) is 6.20 Å². The number of pyridine rings is 1. The fraction of sp³-hybridized carbons (Fsp3) is 0.500. The Kier molecular flexibility index (Phi) is 3.08. The van der Waals surface area contributed by atoms with Gasteiger partial charge in [-0.1, -0.05) is 0 Å². The van der Waals surface area contributed by atoms with Crippen molar-refractivity contribution in [3.8, 4) is 0 Å². The third-order valence-electron chi connectivity index (χ3n) is 2.99. The zero-order valence-corrected chi connectivity index (χ0v) is 9.39. The number of hydrogen-bond acceptors (Lipinski definition) is 3. The Morgan fingerprint density at radius 3 is 3.19 bits per heavy atom. The summed E-state index contributed by atoms with van der Waals surface area (Å²) in [6, 6.07) is 4.03. The van der Waals surface area contributed by atoms with Gasteiger partial charge in [-0.2, -0.15) is 0 Å². The summed E-state index contributed by atoms with van der Waals surface area (Å²) in [7, 11) is 0. The summed E-state index contributed by atoms with van der Waals surface area (Å²) in [5.74, 6) is -0.413. The minimum absolute atomic E-state index is 0.278. The van der Waals surface area contributed by atoms with Gasteiger partial charge in [0.15, 0.2) is 0 Å². The van der Waals surface area contributed by atoms with Gasteiger partial charge in [0.1, 0.15) is 0 Å². The maximum Gasteiger partial charge on any atom is 0.303 e. The van der Waals surface area contributed by atoms with Gasteiger partial charge in [-0.25, -0.2) is 0 Å². The van der Waals surface area contributed by atoms with Gasteiger partial charge in [0.05, 0.1) is 0 Å². The van der Waals surface area contributed by atoms with Crippen molar-refractivity contribution < 1.29 is 9.90 Å². The van der Waals surface area contributed by atoms with Crippen molar-refractivity contribution in [2.45, 2.75) is 19.8 Å². The van der Waals surface area contributed by atoms with Gasteiger partial charge in [0, 0.05) is 37.1 Å². The molecule has 1 aliphatic heterocycles. The van der Waals surface area contributed by atoms with Gasteiger partial charge in [-0.05, 0) is 31.4 Å². The van der Waals surface area contributed by atoms with Gasteiger partial charge >= 0.3 is 5.97 Å². The van der Waals surface area contributed by atoms with Crippen LogP contribution in [0.15, 0.2) is 18.3 Å². The first-order valence-electron chi connectivity index (χ1n) is 5.54. The molecule has 1 saturated heterocycles. The van der Waals surface area contributed by atoms with E-state index in [0.717, 1.165) is 30.9 Å². The molecule has 1 aromatic heterocycles. The SMILES string of the molecule is Cc1cc(N2CCC(CC(=O)O)C2)ccn1. The van der Waals surface area contributed by atoms with Crippen LogP contribution in [0.1, 0.15) is 18.5 Å². The summed E-state index contributed by atoms with van der Waals surface area (Å²) >= 11 is 0. The van der Waals surface area contributed by atoms with Crippen LogP contribution in [0, 0.1) is 12.8 Å². The molecule has 0 spiro atoms. The second-order valence-electron chi connectivity index (χ2n) is 4.35. The average molecular weight is 220 g/mol. The van der Waals surface area contributed by atoms with Crippen LogP contribution >= 0.6 is 0 Å². The molecule has 1 aromatic rings. The molecule has 2 heterocycles. The number of aliphatic carboxylic acids is 1. The van der Waals surface area contributed by atoms with Gasteiger partial charge in [-0.15, -0.1) is 0 Å². The molecule has 1 atom stereocenters. The van der Waals surface area contributed by atoms with E-state index < -0.39 is 5.97 Å². The number of hydrogen-bond donors (Lipinski definition) is 1. The van der Waals surface area contributed by atoms with Crippen LogP contribution in [0.5, 0.6) is 0 Å². The molecule has 86 valence electrons.